The minimum atomic E-state index is -0.0359. The molecular formula is C17H25N5O2. The van der Waals surface area contributed by atoms with Crippen LogP contribution in [0.5, 0.6) is 0 Å². The summed E-state index contributed by atoms with van der Waals surface area (Å²) in [5.74, 6) is 1.51. The number of aromatic nitrogens is 3. The molecule has 1 saturated heterocycles. The molecule has 0 aliphatic carbocycles. The van der Waals surface area contributed by atoms with Crippen molar-refractivity contribution in [3.8, 4) is 0 Å². The second-order valence-electron chi connectivity index (χ2n) is 6.86. The van der Waals surface area contributed by atoms with Gasteiger partial charge in [-0.3, -0.25) is 4.68 Å². The zero-order chi connectivity index (χ0) is 17.1. The van der Waals surface area contributed by atoms with Crippen LogP contribution < -0.4 is 5.32 Å². The molecule has 130 valence electrons. The number of nitrogens with one attached hydrogen (secondary N) is 1. The van der Waals surface area contributed by atoms with Crippen molar-refractivity contribution in [2.24, 2.45) is 13.0 Å². The van der Waals surface area contributed by atoms with Crippen molar-refractivity contribution in [1.82, 2.24) is 25.2 Å². The molecular weight excluding hydrogens is 306 g/mol. The fourth-order valence-electron chi connectivity index (χ4n) is 3.05. The van der Waals surface area contributed by atoms with E-state index in [1.807, 2.05) is 35.1 Å². The van der Waals surface area contributed by atoms with E-state index in [1.165, 1.54) is 5.56 Å². The lowest BCUT2D eigenvalue weighted by Crippen LogP contribution is -2.38. The molecule has 3 heterocycles. The van der Waals surface area contributed by atoms with Gasteiger partial charge in [0.15, 0.2) is 5.76 Å². The Hall–Kier alpha value is -2.31. The van der Waals surface area contributed by atoms with Gasteiger partial charge in [0.2, 0.25) is 0 Å². The topological polar surface area (TPSA) is 76.2 Å². The molecule has 0 bridgehead atoms. The second kappa shape index (κ2) is 7.07. The smallest absolute Gasteiger partial charge is 0.317 e. The fraction of sp³-hybridized carbons (Fsp3) is 0.588. The molecule has 1 N–H and O–H groups in total. The number of carbonyl (C=O) groups excluding carboxylic acids is 1. The summed E-state index contributed by atoms with van der Waals surface area (Å²) in [6.45, 7) is 6.08. The number of carbonyl (C=O) groups is 1. The number of hydrogen-bond acceptors (Lipinski definition) is 4. The van der Waals surface area contributed by atoms with Crippen molar-refractivity contribution in [3.63, 3.8) is 0 Å². The molecule has 0 radical (unpaired) electrons. The Morgan fingerprint density at radius 2 is 2.33 bits per heavy atom. The van der Waals surface area contributed by atoms with E-state index in [0.29, 0.717) is 24.1 Å². The summed E-state index contributed by atoms with van der Waals surface area (Å²) in [5.41, 5.74) is 2.14. The van der Waals surface area contributed by atoms with Crippen LogP contribution in [0.25, 0.3) is 0 Å². The zero-order valence-electron chi connectivity index (χ0n) is 14.5. The molecule has 7 heteroatoms. The van der Waals surface area contributed by atoms with Gasteiger partial charge in [-0.1, -0.05) is 19.0 Å². The average molecular weight is 331 g/mol. The van der Waals surface area contributed by atoms with Crippen molar-refractivity contribution in [1.29, 1.82) is 0 Å². The Morgan fingerprint density at radius 3 is 3.00 bits per heavy atom. The van der Waals surface area contributed by atoms with E-state index in [2.05, 4.69) is 29.4 Å². The van der Waals surface area contributed by atoms with Crippen LogP contribution in [0.1, 0.15) is 43.2 Å². The normalized spacial score (nSPS) is 17.7. The standard InChI is InChI=1S/C17H25N5O2/c1-12(2)16-7-15(24-20-16)9-18-17(23)22-5-4-13(11-22)6-14-8-19-21(3)10-14/h7-8,10,12-13H,4-6,9,11H2,1-3H3,(H,18,23)/t13-/m1/s1. The molecule has 24 heavy (non-hydrogen) atoms. The lowest BCUT2D eigenvalue weighted by Gasteiger charge is -2.16. The highest BCUT2D eigenvalue weighted by Crippen LogP contribution is 2.21. The molecule has 2 aromatic heterocycles. The molecule has 1 atom stereocenters. The highest BCUT2D eigenvalue weighted by atomic mass is 16.5. The van der Waals surface area contributed by atoms with Crippen LogP contribution in [-0.4, -0.2) is 39.0 Å². The van der Waals surface area contributed by atoms with Crippen molar-refractivity contribution >= 4 is 6.03 Å². The van der Waals surface area contributed by atoms with E-state index in [1.54, 1.807) is 0 Å². The Morgan fingerprint density at radius 1 is 1.50 bits per heavy atom. The highest BCUT2D eigenvalue weighted by Gasteiger charge is 2.26. The van der Waals surface area contributed by atoms with Gasteiger partial charge in [-0.15, -0.1) is 0 Å². The lowest BCUT2D eigenvalue weighted by molar-refractivity contribution is 0.205. The van der Waals surface area contributed by atoms with Crippen LogP contribution in [0.3, 0.4) is 0 Å². The first-order chi connectivity index (χ1) is 11.5. The maximum Gasteiger partial charge on any atom is 0.317 e. The van der Waals surface area contributed by atoms with Gasteiger partial charge in [0.25, 0.3) is 0 Å². The first kappa shape index (κ1) is 16.5. The molecule has 1 aliphatic rings. The first-order valence-corrected chi connectivity index (χ1v) is 8.47. The highest BCUT2D eigenvalue weighted by molar-refractivity contribution is 5.74. The number of rotatable bonds is 5. The lowest BCUT2D eigenvalue weighted by atomic mass is 10.0. The van der Waals surface area contributed by atoms with E-state index in [9.17, 15) is 4.79 Å². The Balaban J connectivity index is 1.45. The minimum Gasteiger partial charge on any atom is -0.359 e. The van der Waals surface area contributed by atoms with Crippen LogP contribution >= 0.6 is 0 Å². The van der Waals surface area contributed by atoms with Gasteiger partial charge in [-0.05, 0) is 30.2 Å². The van der Waals surface area contributed by atoms with Crippen LogP contribution in [0.2, 0.25) is 0 Å². The summed E-state index contributed by atoms with van der Waals surface area (Å²) in [6.07, 6.45) is 5.94. The third-order valence-electron chi connectivity index (χ3n) is 4.44. The monoisotopic (exact) mass is 331 g/mol. The van der Waals surface area contributed by atoms with Gasteiger partial charge in [-0.2, -0.15) is 5.10 Å². The number of hydrogen-bond donors (Lipinski definition) is 1. The molecule has 0 aromatic carbocycles. The molecule has 7 nitrogen and oxygen atoms in total. The van der Waals surface area contributed by atoms with Crippen molar-refractivity contribution in [3.05, 3.63) is 35.5 Å². The average Bonchev–Trinajstić information content (AvgIpc) is 3.26. The van der Waals surface area contributed by atoms with E-state index in [0.717, 1.165) is 31.6 Å². The van der Waals surface area contributed by atoms with E-state index in [4.69, 9.17) is 4.52 Å². The molecule has 1 aliphatic heterocycles. The second-order valence-corrected chi connectivity index (χ2v) is 6.86. The van der Waals surface area contributed by atoms with Gasteiger partial charge >= 0.3 is 6.03 Å². The maximum atomic E-state index is 12.3. The molecule has 0 saturated carbocycles. The number of likely N-dealkylation sites (tertiary alicyclic amines) is 1. The summed E-state index contributed by atoms with van der Waals surface area (Å²) in [6, 6.07) is 1.87. The quantitative estimate of drug-likeness (QED) is 0.912. The summed E-state index contributed by atoms with van der Waals surface area (Å²) < 4.78 is 7.07. The molecule has 2 aromatic rings. The van der Waals surface area contributed by atoms with Gasteiger partial charge in [0.1, 0.15) is 0 Å². The van der Waals surface area contributed by atoms with Crippen LogP contribution in [0, 0.1) is 5.92 Å². The number of urea groups is 1. The minimum absolute atomic E-state index is 0.0359. The third-order valence-corrected chi connectivity index (χ3v) is 4.44. The SMILES string of the molecule is CC(C)c1cc(CNC(=O)N2CC[C@H](Cc3cnn(C)c3)C2)on1. The molecule has 2 amide bonds. The summed E-state index contributed by atoms with van der Waals surface area (Å²) in [4.78, 5) is 14.2. The fourth-order valence-corrected chi connectivity index (χ4v) is 3.05. The predicted molar refractivity (Wildman–Crippen MR) is 89.4 cm³/mol. The van der Waals surface area contributed by atoms with Gasteiger partial charge < -0.3 is 14.7 Å². The van der Waals surface area contributed by atoms with Crippen molar-refractivity contribution in [2.75, 3.05) is 13.1 Å². The maximum absolute atomic E-state index is 12.3. The molecule has 1 fully saturated rings. The molecule has 0 spiro atoms. The Labute approximate surface area is 142 Å². The van der Waals surface area contributed by atoms with E-state index in [-0.39, 0.29) is 6.03 Å². The summed E-state index contributed by atoms with van der Waals surface area (Å²) in [5, 5.41) is 11.1. The number of aryl methyl sites for hydroxylation is 1. The summed E-state index contributed by atoms with van der Waals surface area (Å²) >= 11 is 0. The molecule has 3 rings (SSSR count). The predicted octanol–water partition coefficient (Wildman–Crippen LogP) is 2.31. The molecule has 0 unspecified atom stereocenters. The van der Waals surface area contributed by atoms with Gasteiger partial charge in [0.05, 0.1) is 18.4 Å². The van der Waals surface area contributed by atoms with Gasteiger partial charge in [-0.25, -0.2) is 4.79 Å². The Kier molecular flexibility index (Phi) is 4.87. The van der Waals surface area contributed by atoms with E-state index < -0.39 is 0 Å². The number of nitrogens with zero attached hydrogens (tertiary/aromatic N) is 4. The third kappa shape index (κ3) is 3.96. The zero-order valence-corrected chi connectivity index (χ0v) is 14.5. The van der Waals surface area contributed by atoms with Crippen LogP contribution in [0.4, 0.5) is 4.79 Å². The van der Waals surface area contributed by atoms with Crippen LogP contribution in [0.15, 0.2) is 23.0 Å². The number of amides is 2. The Bertz CT molecular complexity index is 691. The largest absolute Gasteiger partial charge is 0.359 e. The van der Waals surface area contributed by atoms with Crippen molar-refractivity contribution in [2.45, 2.75) is 39.2 Å². The first-order valence-electron chi connectivity index (χ1n) is 8.47. The summed E-state index contributed by atoms with van der Waals surface area (Å²) in [7, 11) is 1.92. The van der Waals surface area contributed by atoms with Gasteiger partial charge in [0, 0.05) is 32.4 Å². The van der Waals surface area contributed by atoms with Crippen LogP contribution in [-0.2, 0) is 20.0 Å². The van der Waals surface area contributed by atoms with E-state index >= 15 is 0 Å². The van der Waals surface area contributed by atoms with Crippen molar-refractivity contribution < 1.29 is 9.32 Å².